The quantitative estimate of drug-likeness (QED) is 0.557. The zero-order valence-electron chi connectivity index (χ0n) is 7.11. The average Bonchev–Trinajstić information content (AvgIpc) is 2.87. The van der Waals surface area contributed by atoms with Gasteiger partial charge in [0.15, 0.2) is 5.15 Å². The van der Waals surface area contributed by atoms with Gasteiger partial charge < -0.3 is 0 Å². The van der Waals surface area contributed by atoms with Gasteiger partial charge in [0.2, 0.25) is 5.28 Å². The Labute approximate surface area is 89.9 Å². The second-order valence-corrected chi connectivity index (χ2v) is 4.05. The molecule has 14 heavy (non-hydrogen) atoms. The van der Waals surface area contributed by atoms with Gasteiger partial charge in [-0.25, -0.2) is 9.97 Å². The molecule has 6 heteroatoms. The summed E-state index contributed by atoms with van der Waals surface area (Å²) in [6.07, 6.45) is 4.21. The van der Waals surface area contributed by atoms with Gasteiger partial charge in [-0.3, -0.25) is 4.68 Å². The van der Waals surface area contributed by atoms with Crippen molar-refractivity contribution in [2.75, 3.05) is 0 Å². The van der Waals surface area contributed by atoms with Gasteiger partial charge >= 0.3 is 0 Å². The molecular weight excluding hydrogens is 223 g/mol. The van der Waals surface area contributed by atoms with E-state index in [0.717, 1.165) is 0 Å². The Kier molecular flexibility index (Phi) is 1.69. The molecule has 0 radical (unpaired) electrons. The molecule has 1 fully saturated rings. The zero-order valence-corrected chi connectivity index (χ0v) is 8.63. The molecule has 72 valence electrons. The molecule has 3 rings (SSSR count). The van der Waals surface area contributed by atoms with Crippen LogP contribution in [0.1, 0.15) is 18.9 Å². The lowest BCUT2D eigenvalue weighted by Gasteiger charge is -1.92. The summed E-state index contributed by atoms with van der Waals surface area (Å²) in [4.78, 5) is 7.89. The predicted molar refractivity (Wildman–Crippen MR) is 53.6 cm³/mol. The van der Waals surface area contributed by atoms with Crippen LogP contribution in [0.4, 0.5) is 0 Å². The molecule has 2 aromatic heterocycles. The third-order valence-electron chi connectivity index (χ3n) is 2.23. The summed E-state index contributed by atoms with van der Waals surface area (Å²) in [6.45, 7) is 0. The van der Waals surface area contributed by atoms with Crippen molar-refractivity contribution in [3.8, 4) is 0 Å². The van der Waals surface area contributed by atoms with Crippen LogP contribution in [0, 0.1) is 0 Å². The van der Waals surface area contributed by atoms with Crippen LogP contribution < -0.4 is 0 Å². The van der Waals surface area contributed by atoms with Crippen LogP contribution in [0.3, 0.4) is 0 Å². The number of hydrogen-bond acceptors (Lipinski definition) is 3. The van der Waals surface area contributed by atoms with Crippen LogP contribution in [0.15, 0.2) is 6.20 Å². The molecule has 0 unspecified atom stereocenters. The molecule has 0 atom stereocenters. The lowest BCUT2D eigenvalue weighted by atomic mass is 10.5. The van der Waals surface area contributed by atoms with Crippen LogP contribution in [0.5, 0.6) is 0 Å². The molecule has 0 spiro atoms. The predicted octanol–water partition coefficient (Wildman–Crippen LogP) is 2.47. The van der Waals surface area contributed by atoms with Gasteiger partial charge in [0.25, 0.3) is 0 Å². The fourth-order valence-corrected chi connectivity index (χ4v) is 1.83. The Morgan fingerprint density at radius 3 is 2.79 bits per heavy atom. The highest BCUT2D eigenvalue weighted by molar-refractivity contribution is 6.35. The molecule has 0 aromatic carbocycles. The number of halogens is 2. The first kappa shape index (κ1) is 8.44. The van der Waals surface area contributed by atoms with E-state index in [-0.39, 0.29) is 5.28 Å². The maximum Gasteiger partial charge on any atom is 0.224 e. The van der Waals surface area contributed by atoms with Crippen LogP contribution >= 0.6 is 23.2 Å². The number of nitrogens with zero attached hydrogens (tertiary/aromatic N) is 4. The minimum atomic E-state index is 0.165. The SMILES string of the molecule is Clc1nc(Cl)c2nn(C3CC3)cc2n1. The summed E-state index contributed by atoms with van der Waals surface area (Å²) in [5.74, 6) is 0. The van der Waals surface area contributed by atoms with Crippen LogP contribution in [-0.2, 0) is 0 Å². The van der Waals surface area contributed by atoms with Gasteiger partial charge in [-0.15, -0.1) is 0 Å². The molecule has 2 heterocycles. The fourth-order valence-electron chi connectivity index (χ4n) is 1.40. The third kappa shape index (κ3) is 1.26. The highest BCUT2D eigenvalue weighted by atomic mass is 35.5. The van der Waals surface area contributed by atoms with Gasteiger partial charge in [-0.2, -0.15) is 5.10 Å². The molecule has 0 aliphatic heterocycles. The van der Waals surface area contributed by atoms with E-state index in [1.807, 2.05) is 10.9 Å². The summed E-state index contributed by atoms with van der Waals surface area (Å²) >= 11 is 11.6. The lowest BCUT2D eigenvalue weighted by Crippen LogP contribution is -1.92. The topological polar surface area (TPSA) is 43.6 Å². The first-order valence-electron chi connectivity index (χ1n) is 4.32. The zero-order chi connectivity index (χ0) is 9.71. The minimum absolute atomic E-state index is 0.165. The van der Waals surface area contributed by atoms with Crippen molar-refractivity contribution in [1.29, 1.82) is 0 Å². The second kappa shape index (κ2) is 2.81. The van der Waals surface area contributed by atoms with E-state index in [2.05, 4.69) is 15.1 Å². The summed E-state index contributed by atoms with van der Waals surface area (Å²) < 4.78 is 1.89. The van der Waals surface area contributed by atoms with E-state index in [4.69, 9.17) is 23.2 Å². The molecule has 4 nitrogen and oxygen atoms in total. The van der Waals surface area contributed by atoms with Gasteiger partial charge in [0.05, 0.1) is 12.2 Å². The fraction of sp³-hybridized carbons (Fsp3) is 0.375. The highest BCUT2D eigenvalue weighted by Crippen LogP contribution is 2.35. The van der Waals surface area contributed by atoms with E-state index >= 15 is 0 Å². The number of fused-ring (bicyclic) bond motifs is 1. The van der Waals surface area contributed by atoms with Crippen molar-refractivity contribution in [3.63, 3.8) is 0 Å². The van der Waals surface area contributed by atoms with E-state index in [1.165, 1.54) is 12.8 Å². The summed E-state index contributed by atoms with van der Waals surface area (Å²) in [5, 5.41) is 4.80. The van der Waals surface area contributed by atoms with Crippen molar-refractivity contribution in [2.24, 2.45) is 0 Å². The first-order valence-corrected chi connectivity index (χ1v) is 5.07. The molecule has 1 aliphatic carbocycles. The van der Waals surface area contributed by atoms with Crippen molar-refractivity contribution in [2.45, 2.75) is 18.9 Å². The van der Waals surface area contributed by atoms with E-state index in [0.29, 0.717) is 22.2 Å². The molecular formula is C8H6Cl2N4. The maximum absolute atomic E-state index is 5.89. The van der Waals surface area contributed by atoms with Crippen LogP contribution in [0.2, 0.25) is 10.4 Å². The maximum atomic E-state index is 5.89. The molecule has 2 aromatic rings. The average molecular weight is 229 g/mol. The van der Waals surface area contributed by atoms with E-state index < -0.39 is 0 Å². The molecule has 0 bridgehead atoms. The number of rotatable bonds is 1. The van der Waals surface area contributed by atoms with Gasteiger partial charge in [0.1, 0.15) is 11.0 Å². The molecule has 0 amide bonds. The summed E-state index contributed by atoms with van der Waals surface area (Å²) in [6, 6.07) is 0.513. The van der Waals surface area contributed by atoms with E-state index in [9.17, 15) is 0 Å². The lowest BCUT2D eigenvalue weighted by molar-refractivity contribution is 0.649. The summed E-state index contributed by atoms with van der Waals surface area (Å²) in [7, 11) is 0. The monoisotopic (exact) mass is 228 g/mol. The van der Waals surface area contributed by atoms with Gasteiger partial charge in [0, 0.05) is 0 Å². The number of hydrogen-bond donors (Lipinski definition) is 0. The Hall–Kier alpha value is -0.870. The number of aromatic nitrogens is 4. The molecule has 1 saturated carbocycles. The first-order chi connectivity index (χ1) is 6.74. The Balaban J connectivity index is 2.26. The molecule has 0 saturated heterocycles. The summed E-state index contributed by atoms with van der Waals surface area (Å²) in [5.41, 5.74) is 1.34. The van der Waals surface area contributed by atoms with Gasteiger partial charge in [-0.1, -0.05) is 11.6 Å². The smallest absolute Gasteiger partial charge is 0.224 e. The van der Waals surface area contributed by atoms with Crippen LogP contribution in [-0.4, -0.2) is 19.7 Å². The van der Waals surface area contributed by atoms with Crippen molar-refractivity contribution in [3.05, 3.63) is 16.6 Å². The van der Waals surface area contributed by atoms with Crippen molar-refractivity contribution >= 4 is 34.2 Å². The van der Waals surface area contributed by atoms with Crippen molar-refractivity contribution in [1.82, 2.24) is 19.7 Å². The third-order valence-corrected chi connectivity index (χ3v) is 2.66. The Morgan fingerprint density at radius 2 is 2.07 bits per heavy atom. The van der Waals surface area contributed by atoms with Crippen molar-refractivity contribution < 1.29 is 0 Å². The van der Waals surface area contributed by atoms with Crippen LogP contribution in [0.25, 0.3) is 11.0 Å². The standard InChI is InChI=1S/C8H6Cl2N4/c9-7-6-5(11-8(10)12-7)3-14(13-6)4-1-2-4/h3-4H,1-2H2. The normalized spacial score (nSPS) is 16.4. The van der Waals surface area contributed by atoms with Gasteiger partial charge in [-0.05, 0) is 24.4 Å². The largest absolute Gasteiger partial charge is 0.267 e. The highest BCUT2D eigenvalue weighted by Gasteiger charge is 2.25. The Morgan fingerprint density at radius 1 is 1.29 bits per heavy atom. The Bertz CT molecular complexity index is 503. The second-order valence-electron chi connectivity index (χ2n) is 3.36. The molecule has 1 aliphatic rings. The molecule has 0 N–H and O–H groups in total. The minimum Gasteiger partial charge on any atom is -0.267 e. The van der Waals surface area contributed by atoms with E-state index in [1.54, 1.807) is 0 Å².